The number of hydrogen-bond acceptors (Lipinski definition) is 8. The standard InChI is InChI=1S/C35H38N4O5/c1-8-19-15(3)22-12-24-17(5)21(10-11-28(40)41)32(38-24)30-31(35(43)44-7)34(42)29-18(6)25(39-33(29)30)14-27-20(9-2)16(4)23(37-27)13-26(19)36-22/h12-14,17,21,31,38,42H,8-11H2,1-7H3,(H,40,41). The number of carbonyl (C=O) groups is 2. The van der Waals surface area contributed by atoms with Crippen molar-refractivity contribution in [3.8, 4) is 0 Å². The van der Waals surface area contributed by atoms with Gasteiger partial charge in [0.1, 0.15) is 11.7 Å². The third-order valence-corrected chi connectivity index (χ3v) is 9.76. The molecule has 1 saturated heterocycles. The highest BCUT2D eigenvalue weighted by molar-refractivity contribution is 6.24. The summed E-state index contributed by atoms with van der Waals surface area (Å²) in [5, 5.41) is 24.8. The predicted octanol–water partition coefficient (Wildman–Crippen LogP) is 6.33. The lowest BCUT2D eigenvalue weighted by molar-refractivity contribution is -0.143. The molecule has 9 nitrogen and oxygen atoms in total. The number of allylic oxidation sites excluding steroid dienone is 11. The van der Waals surface area contributed by atoms with Gasteiger partial charge in [-0.2, -0.15) is 0 Å². The van der Waals surface area contributed by atoms with Gasteiger partial charge in [-0.15, -0.1) is 0 Å². The van der Waals surface area contributed by atoms with Crippen molar-refractivity contribution in [1.29, 1.82) is 0 Å². The number of carbonyl (C=O) groups excluding carboxylic acids is 1. The van der Waals surface area contributed by atoms with Crippen LogP contribution in [0.5, 0.6) is 0 Å². The lowest BCUT2D eigenvalue weighted by Gasteiger charge is -2.20. The molecule has 1 aliphatic carbocycles. The molecule has 0 radical (unpaired) electrons. The minimum absolute atomic E-state index is 0.0463. The van der Waals surface area contributed by atoms with E-state index in [1.807, 2.05) is 19.1 Å². The Kier molecular flexibility index (Phi) is 7.30. The number of rotatable bonds is 6. The number of carboxylic acid groups (broad SMARTS) is 1. The van der Waals surface area contributed by atoms with Crippen molar-refractivity contribution in [3.63, 3.8) is 0 Å². The third kappa shape index (κ3) is 4.40. The zero-order chi connectivity index (χ0) is 31.6. The SMILES string of the molecule is CCC1=C(C)C2=NC1=CC1=C(C)C3=C(O)C(C(=O)OC)C(=C4NC(=CC5=NC(=C2)C(CC)=C5C)C(C)C4CCC(=O)O)C3=N1. The number of aliphatic imine (C=N–C) groups is 3. The van der Waals surface area contributed by atoms with E-state index >= 15 is 0 Å². The van der Waals surface area contributed by atoms with E-state index in [1.54, 1.807) is 0 Å². The molecule has 9 heteroatoms. The normalized spacial score (nSPS) is 25.8. The van der Waals surface area contributed by atoms with E-state index in [4.69, 9.17) is 19.7 Å². The van der Waals surface area contributed by atoms with Crippen molar-refractivity contribution in [2.75, 3.05) is 7.11 Å². The number of fused-ring (bicyclic) bond motifs is 5. The summed E-state index contributed by atoms with van der Waals surface area (Å²) in [6.45, 7) is 12.3. The minimum Gasteiger partial charge on any atom is -0.510 e. The molecule has 6 rings (SSSR count). The lowest BCUT2D eigenvalue weighted by atomic mass is 9.84. The molecule has 0 aromatic carbocycles. The maximum atomic E-state index is 13.2. The zero-order valence-corrected chi connectivity index (χ0v) is 26.3. The minimum atomic E-state index is -1.07. The Balaban J connectivity index is 1.67. The summed E-state index contributed by atoms with van der Waals surface area (Å²) in [4.78, 5) is 40.1. The number of aliphatic hydroxyl groups is 1. The number of hydrogen-bond donors (Lipinski definition) is 3. The second-order valence-corrected chi connectivity index (χ2v) is 12.0. The molecule has 5 heterocycles. The summed E-state index contributed by atoms with van der Waals surface area (Å²) in [6, 6.07) is 0. The van der Waals surface area contributed by atoms with Crippen molar-refractivity contribution >= 4 is 29.1 Å². The summed E-state index contributed by atoms with van der Waals surface area (Å²) in [5.41, 5.74) is 12.4. The van der Waals surface area contributed by atoms with Crippen LogP contribution in [0.4, 0.5) is 0 Å². The summed E-state index contributed by atoms with van der Waals surface area (Å²) in [7, 11) is 1.30. The second-order valence-electron chi connectivity index (χ2n) is 12.0. The van der Waals surface area contributed by atoms with Crippen LogP contribution < -0.4 is 5.32 Å². The quantitative estimate of drug-likeness (QED) is 0.308. The summed E-state index contributed by atoms with van der Waals surface area (Å²) < 4.78 is 5.18. The van der Waals surface area contributed by atoms with Gasteiger partial charge in [0.2, 0.25) is 0 Å². The van der Waals surface area contributed by atoms with Gasteiger partial charge in [0, 0.05) is 40.8 Å². The fraction of sp³-hybridized carbons (Fsp3) is 0.400. The monoisotopic (exact) mass is 594 g/mol. The molecule has 5 aliphatic heterocycles. The molecule has 0 aromatic rings. The van der Waals surface area contributed by atoms with Crippen LogP contribution in [0.1, 0.15) is 67.2 Å². The van der Waals surface area contributed by atoms with E-state index in [2.05, 4.69) is 46.0 Å². The highest BCUT2D eigenvalue weighted by atomic mass is 16.5. The molecule has 3 unspecified atom stereocenters. The molecule has 0 saturated carbocycles. The zero-order valence-electron chi connectivity index (χ0n) is 26.3. The molecule has 0 amide bonds. The van der Waals surface area contributed by atoms with E-state index in [0.29, 0.717) is 34.7 Å². The number of esters is 1. The predicted molar refractivity (Wildman–Crippen MR) is 170 cm³/mol. The maximum Gasteiger partial charge on any atom is 0.321 e. The van der Waals surface area contributed by atoms with Gasteiger partial charge >= 0.3 is 11.9 Å². The van der Waals surface area contributed by atoms with E-state index in [9.17, 15) is 19.8 Å². The molecule has 0 spiro atoms. The number of nitrogens with one attached hydrogen (secondary N) is 1. The van der Waals surface area contributed by atoms with Gasteiger partial charge in [0.15, 0.2) is 0 Å². The van der Waals surface area contributed by atoms with Crippen molar-refractivity contribution in [2.45, 2.75) is 67.2 Å². The van der Waals surface area contributed by atoms with Crippen LogP contribution >= 0.6 is 0 Å². The van der Waals surface area contributed by atoms with Crippen LogP contribution in [0.2, 0.25) is 0 Å². The van der Waals surface area contributed by atoms with Crippen LogP contribution in [-0.2, 0) is 14.3 Å². The molecule has 6 aliphatic rings. The topological polar surface area (TPSA) is 133 Å². The van der Waals surface area contributed by atoms with Crippen LogP contribution in [0.3, 0.4) is 0 Å². The Hall–Kier alpha value is -4.53. The first kappa shape index (κ1) is 29.5. The van der Waals surface area contributed by atoms with Gasteiger partial charge in [-0.05, 0) is 86.1 Å². The number of aliphatic carboxylic acids is 1. The van der Waals surface area contributed by atoms with Gasteiger partial charge < -0.3 is 20.3 Å². The van der Waals surface area contributed by atoms with Crippen LogP contribution in [0.25, 0.3) is 0 Å². The Morgan fingerprint density at radius 3 is 2.14 bits per heavy atom. The first-order chi connectivity index (χ1) is 21.0. The van der Waals surface area contributed by atoms with Crippen molar-refractivity contribution in [1.82, 2.24) is 5.32 Å². The van der Waals surface area contributed by atoms with Gasteiger partial charge in [-0.3, -0.25) is 9.59 Å². The Morgan fingerprint density at radius 2 is 1.55 bits per heavy atom. The lowest BCUT2D eigenvalue weighted by Crippen LogP contribution is -2.25. The highest BCUT2D eigenvalue weighted by Crippen LogP contribution is 2.49. The van der Waals surface area contributed by atoms with E-state index in [1.165, 1.54) is 7.11 Å². The highest BCUT2D eigenvalue weighted by Gasteiger charge is 2.49. The first-order valence-electron chi connectivity index (χ1n) is 15.3. The molecular weight excluding hydrogens is 556 g/mol. The van der Waals surface area contributed by atoms with Gasteiger partial charge in [0.05, 0.1) is 41.3 Å². The largest absolute Gasteiger partial charge is 0.510 e. The fourth-order valence-electron chi connectivity index (χ4n) is 7.27. The molecule has 0 aromatic heterocycles. The van der Waals surface area contributed by atoms with Crippen molar-refractivity contribution in [2.24, 2.45) is 32.7 Å². The van der Waals surface area contributed by atoms with Gasteiger partial charge in [-0.1, -0.05) is 20.8 Å². The number of aliphatic hydroxyl groups excluding tert-OH is 1. The molecule has 8 bridgehead atoms. The molecule has 3 N–H and O–H groups in total. The smallest absolute Gasteiger partial charge is 0.321 e. The first-order valence-corrected chi connectivity index (χ1v) is 15.3. The third-order valence-electron chi connectivity index (χ3n) is 9.76. The van der Waals surface area contributed by atoms with Crippen LogP contribution in [0, 0.1) is 17.8 Å². The molecule has 44 heavy (non-hydrogen) atoms. The summed E-state index contributed by atoms with van der Waals surface area (Å²) in [5.74, 6) is -3.05. The average molecular weight is 595 g/mol. The molecule has 1 fully saturated rings. The van der Waals surface area contributed by atoms with Gasteiger partial charge in [-0.25, -0.2) is 15.0 Å². The van der Waals surface area contributed by atoms with E-state index < -0.39 is 17.9 Å². The van der Waals surface area contributed by atoms with Crippen LogP contribution in [0.15, 0.2) is 106 Å². The Bertz CT molecular complexity index is 1780. The number of nitrogens with zero attached hydrogens (tertiary/aromatic N) is 3. The fourth-order valence-corrected chi connectivity index (χ4v) is 7.27. The van der Waals surface area contributed by atoms with Crippen LogP contribution in [-0.4, -0.2) is 46.4 Å². The molecular formula is C35H38N4O5. The Labute approximate surface area is 257 Å². The second kappa shape index (κ2) is 10.9. The van der Waals surface area contributed by atoms with E-state index in [0.717, 1.165) is 69.2 Å². The van der Waals surface area contributed by atoms with E-state index in [-0.39, 0.29) is 24.0 Å². The van der Waals surface area contributed by atoms with Crippen molar-refractivity contribution in [3.05, 3.63) is 91.5 Å². The number of methoxy groups -OCH3 is 1. The maximum absolute atomic E-state index is 13.2. The van der Waals surface area contributed by atoms with Gasteiger partial charge in [0.25, 0.3) is 0 Å². The van der Waals surface area contributed by atoms with Crippen molar-refractivity contribution < 1.29 is 24.5 Å². The Morgan fingerprint density at radius 1 is 0.932 bits per heavy atom. The number of carboxylic acids is 1. The number of ether oxygens (including phenoxy) is 1. The summed E-state index contributed by atoms with van der Waals surface area (Å²) in [6.07, 6.45) is 7.95. The molecule has 3 atom stereocenters. The summed E-state index contributed by atoms with van der Waals surface area (Å²) >= 11 is 0. The molecule has 228 valence electrons. The average Bonchev–Trinajstić information content (AvgIpc) is 3.72.